The predicted octanol–water partition coefficient (Wildman–Crippen LogP) is 4.21. The minimum atomic E-state index is -2.73. The van der Waals surface area contributed by atoms with E-state index in [0.717, 1.165) is 18.2 Å². The third kappa shape index (κ3) is 4.30. The van der Waals surface area contributed by atoms with E-state index >= 15 is 0 Å². The zero-order valence-corrected chi connectivity index (χ0v) is 16.5. The molecule has 0 amide bonds. The molecule has 0 spiro atoms. The molecule has 0 bridgehead atoms. The van der Waals surface area contributed by atoms with Crippen LogP contribution in [0.2, 0.25) is 0 Å². The number of aryl methyl sites for hydroxylation is 1. The molecule has 0 saturated carbocycles. The highest BCUT2D eigenvalue weighted by molar-refractivity contribution is 6.14. The minimum Gasteiger partial charge on any atom is -0.399 e. The maximum Gasteiger partial charge on any atom is 0.333 e. The van der Waals surface area contributed by atoms with Crippen molar-refractivity contribution in [3.8, 4) is 6.07 Å². The molecule has 2 aromatic carbocycles. The second-order valence-corrected chi connectivity index (χ2v) is 7.05. The Balaban J connectivity index is 0.000000184. The second-order valence-electron chi connectivity index (χ2n) is 7.05. The Morgan fingerprint density at radius 3 is 2.67 bits per heavy atom. The van der Waals surface area contributed by atoms with Gasteiger partial charge in [0.05, 0.1) is 23.5 Å². The Bertz CT molecular complexity index is 1130. The summed E-state index contributed by atoms with van der Waals surface area (Å²) in [6.07, 6.45) is 5.90. The molecule has 0 fully saturated rings. The number of benzene rings is 2. The highest BCUT2D eigenvalue weighted by Crippen LogP contribution is 2.26. The number of nitrogen functional groups attached to an aromatic ring is 2. The highest BCUT2D eigenvalue weighted by Gasteiger charge is 2.15. The van der Waals surface area contributed by atoms with Crippen LogP contribution in [0.3, 0.4) is 0 Å². The van der Waals surface area contributed by atoms with Crippen molar-refractivity contribution < 1.29 is 8.78 Å². The smallest absolute Gasteiger partial charge is 0.333 e. The van der Waals surface area contributed by atoms with Gasteiger partial charge in [-0.05, 0) is 67.1 Å². The fraction of sp³-hybridized carbons (Fsp3) is 0.227. The van der Waals surface area contributed by atoms with Gasteiger partial charge in [0.1, 0.15) is 0 Å². The van der Waals surface area contributed by atoms with Gasteiger partial charge in [0.2, 0.25) is 0 Å². The third-order valence-corrected chi connectivity index (χ3v) is 5.13. The fourth-order valence-corrected chi connectivity index (χ4v) is 3.49. The van der Waals surface area contributed by atoms with Crippen LogP contribution in [-0.2, 0) is 12.8 Å². The average Bonchev–Trinajstić information content (AvgIpc) is 3.40. The Hall–Kier alpha value is -3.73. The Morgan fingerprint density at radius 1 is 1.23 bits per heavy atom. The first-order chi connectivity index (χ1) is 14.3. The molecule has 1 aliphatic rings. The summed E-state index contributed by atoms with van der Waals surface area (Å²) in [5.41, 5.74) is 17.7. The van der Waals surface area contributed by atoms with Gasteiger partial charge in [-0.3, -0.25) is 5.41 Å². The van der Waals surface area contributed by atoms with Crippen molar-refractivity contribution in [2.45, 2.75) is 32.7 Å². The van der Waals surface area contributed by atoms with Crippen LogP contribution in [0.1, 0.15) is 46.4 Å². The molecule has 30 heavy (non-hydrogen) atoms. The monoisotopic (exact) mass is 408 g/mol. The summed E-state index contributed by atoms with van der Waals surface area (Å²) in [4.78, 5) is 0. The number of alkyl halides is 2. The molecular formula is C22H22F2N6. The van der Waals surface area contributed by atoms with Gasteiger partial charge in [0, 0.05) is 28.7 Å². The van der Waals surface area contributed by atoms with E-state index in [1.807, 2.05) is 6.07 Å². The lowest BCUT2D eigenvalue weighted by Gasteiger charge is -2.06. The summed E-state index contributed by atoms with van der Waals surface area (Å²) in [5.74, 6) is 0. The van der Waals surface area contributed by atoms with Crippen LogP contribution in [0.4, 0.5) is 20.2 Å². The number of nitrogens with zero attached hydrogens (tertiary/aromatic N) is 3. The number of rotatable bonds is 3. The van der Waals surface area contributed by atoms with Crippen LogP contribution in [0.5, 0.6) is 0 Å². The summed E-state index contributed by atoms with van der Waals surface area (Å²) in [7, 11) is 0. The van der Waals surface area contributed by atoms with E-state index in [1.54, 1.807) is 12.1 Å². The molecule has 0 aliphatic heterocycles. The highest BCUT2D eigenvalue weighted by atomic mass is 19.3. The van der Waals surface area contributed by atoms with E-state index in [0.29, 0.717) is 21.6 Å². The standard InChI is InChI=1S/C11H11F2N5.C11H11N/c12-11(13)18-5-6(4-17-18)10(16)8-3-7(14)1-2-9(8)15;1-8-10(7-12)6-5-9-3-2-4-11(8)9/h1-5,11,16H,14-15H2;5-6H,2-4H2,1H3. The van der Waals surface area contributed by atoms with Gasteiger partial charge < -0.3 is 11.5 Å². The predicted molar refractivity (Wildman–Crippen MR) is 113 cm³/mol. The van der Waals surface area contributed by atoms with Gasteiger partial charge in [-0.15, -0.1) is 0 Å². The summed E-state index contributed by atoms with van der Waals surface area (Å²) >= 11 is 0. The van der Waals surface area contributed by atoms with E-state index in [9.17, 15) is 8.78 Å². The zero-order valence-electron chi connectivity index (χ0n) is 16.5. The van der Waals surface area contributed by atoms with Crippen LogP contribution >= 0.6 is 0 Å². The van der Waals surface area contributed by atoms with Crippen LogP contribution < -0.4 is 11.5 Å². The molecule has 5 N–H and O–H groups in total. The molecule has 3 aromatic rings. The molecule has 1 aliphatic carbocycles. The van der Waals surface area contributed by atoms with Gasteiger partial charge in [-0.1, -0.05) is 6.07 Å². The summed E-state index contributed by atoms with van der Waals surface area (Å²) in [5, 5.41) is 20.2. The third-order valence-electron chi connectivity index (χ3n) is 5.13. The van der Waals surface area contributed by atoms with Crippen molar-refractivity contribution in [2.75, 3.05) is 11.5 Å². The largest absolute Gasteiger partial charge is 0.399 e. The molecule has 0 unspecified atom stereocenters. The molecule has 1 aromatic heterocycles. The quantitative estimate of drug-likeness (QED) is 0.444. The van der Waals surface area contributed by atoms with Gasteiger partial charge >= 0.3 is 6.55 Å². The Morgan fingerprint density at radius 2 is 2.00 bits per heavy atom. The van der Waals surface area contributed by atoms with Crippen molar-refractivity contribution >= 4 is 17.1 Å². The number of hydrogen-bond donors (Lipinski definition) is 3. The number of nitrogens with two attached hydrogens (primary N) is 2. The van der Waals surface area contributed by atoms with E-state index in [1.165, 1.54) is 41.8 Å². The number of nitriles is 1. The molecule has 1 heterocycles. The maximum absolute atomic E-state index is 12.4. The van der Waals surface area contributed by atoms with Crippen molar-refractivity contribution in [2.24, 2.45) is 0 Å². The fourth-order valence-electron chi connectivity index (χ4n) is 3.49. The first-order valence-electron chi connectivity index (χ1n) is 9.40. The van der Waals surface area contributed by atoms with E-state index < -0.39 is 6.55 Å². The lowest BCUT2D eigenvalue weighted by atomic mass is 10.00. The molecule has 8 heteroatoms. The number of fused-ring (bicyclic) bond motifs is 1. The summed E-state index contributed by atoms with van der Waals surface area (Å²) in [6.45, 7) is -0.673. The molecular weight excluding hydrogens is 386 g/mol. The average molecular weight is 408 g/mol. The number of halogens is 2. The zero-order chi connectivity index (χ0) is 21.8. The number of anilines is 2. The van der Waals surface area contributed by atoms with E-state index in [2.05, 4.69) is 24.2 Å². The molecule has 0 radical (unpaired) electrons. The van der Waals surface area contributed by atoms with Crippen molar-refractivity contribution in [1.82, 2.24) is 9.78 Å². The summed E-state index contributed by atoms with van der Waals surface area (Å²) < 4.78 is 25.2. The normalized spacial score (nSPS) is 12.1. The topological polar surface area (TPSA) is 118 Å². The Labute approximate surface area is 173 Å². The maximum atomic E-state index is 12.4. The Kier molecular flexibility index (Phi) is 6.11. The number of nitrogens with one attached hydrogen (secondary N) is 1. The van der Waals surface area contributed by atoms with Gasteiger partial charge in [0.15, 0.2) is 0 Å². The molecule has 0 saturated heterocycles. The van der Waals surface area contributed by atoms with E-state index in [4.69, 9.17) is 22.1 Å². The first kappa shape index (κ1) is 21.0. The van der Waals surface area contributed by atoms with Gasteiger partial charge in [-0.25, -0.2) is 4.68 Å². The molecule has 154 valence electrons. The lowest BCUT2D eigenvalue weighted by Crippen LogP contribution is -2.06. The first-order valence-corrected chi connectivity index (χ1v) is 9.40. The van der Waals surface area contributed by atoms with Crippen molar-refractivity contribution in [3.63, 3.8) is 0 Å². The SMILES string of the molecule is Cc1c(C#N)ccc2c1CCC2.N=C(c1cnn(C(F)F)c1)c1cc(N)ccc1N. The molecule has 4 rings (SSSR count). The van der Waals surface area contributed by atoms with Gasteiger partial charge in [0.25, 0.3) is 0 Å². The van der Waals surface area contributed by atoms with Crippen LogP contribution in [-0.4, -0.2) is 15.5 Å². The summed E-state index contributed by atoms with van der Waals surface area (Å²) in [6, 6.07) is 11.0. The lowest BCUT2D eigenvalue weighted by molar-refractivity contribution is 0.0566. The van der Waals surface area contributed by atoms with Crippen molar-refractivity contribution in [3.05, 3.63) is 76.1 Å². The van der Waals surface area contributed by atoms with E-state index in [-0.39, 0.29) is 11.3 Å². The van der Waals surface area contributed by atoms with Crippen LogP contribution in [0, 0.1) is 23.7 Å². The van der Waals surface area contributed by atoms with Gasteiger partial charge in [-0.2, -0.15) is 19.1 Å². The second kappa shape index (κ2) is 8.74. The van der Waals surface area contributed by atoms with Crippen LogP contribution in [0.25, 0.3) is 0 Å². The number of hydrogen-bond acceptors (Lipinski definition) is 5. The minimum absolute atomic E-state index is 0.00620. The molecule has 0 atom stereocenters. The van der Waals surface area contributed by atoms with Crippen LogP contribution in [0.15, 0.2) is 42.7 Å². The number of aromatic nitrogens is 2. The molecule has 6 nitrogen and oxygen atoms in total. The van der Waals surface area contributed by atoms with Crippen molar-refractivity contribution in [1.29, 1.82) is 10.7 Å².